The highest BCUT2D eigenvalue weighted by atomic mass is 32.2. The van der Waals surface area contributed by atoms with E-state index in [1.54, 1.807) is 24.9 Å². The van der Waals surface area contributed by atoms with Crippen molar-refractivity contribution in [2.75, 3.05) is 25.1 Å². The summed E-state index contributed by atoms with van der Waals surface area (Å²) in [6.07, 6.45) is 4.28. The number of hydrogen-bond acceptors (Lipinski definition) is 7. The molecule has 41 heavy (non-hydrogen) atoms. The molecule has 0 radical (unpaired) electrons. The lowest BCUT2D eigenvalue weighted by atomic mass is 9.76. The van der Waals surface area contributed by atoms with Crippen LogP contribution >= 0.6 is 12.6 Å². The van der Waals surface area contributed by atoms with Gasteiger partial charge in [-0.15, -0.1) is 0 Å². The fraction of sp³-hybridized carbons (Fsp3) is 0.633. The van der Waals surface area contributed by atoms with E-state index in [4.69, 9.17) is 0 Å². The molecule has 1 heterocycles. The molecule has 1 aromatic carbocycles. The summed E-state index contributed by atoms with van der Waals surface area (Å²) >= 11 is 4.03. The SMILES string of the molecule is CNC(C(=O)N[C@H](C(=O)N1CCCC[C@H]1C=C(C)C(=O)NS(=O)(=O)CCCS)C(C)(C)C)C(C)(C)c1ccccc1. The Balaban J connectivity index is 2.29. The molecule has 0 aliphatic carbocycles. The van der Waals surface area contributed by atoms with Gasteiger partial charge in [0, 0.05) is 17.5 Å². The Morgan fingerprint density at radius 3 is 2.27 bits per heavy atom. The minimum atomic E-state index is -3.77. The summed E-state index contributed by atoms with van der Waals surface area (Å²) in [5.74, 6) is -1.00. The molecular formula is C30H48N4O5S2. The van der Waals surface area contributed by atoms with E-state index in [9.17, 15) is 22.8 Å². The average Bonchev–Trinajstić information content (AvgIpc) is 2.90. The number of thiol groups is 1. The molecule has 3 amide bonds. The largest absolute Gasteiger partial charge is 0.342 e. The zero-order valence-electron chi connectivity index (χ0n) is 25.5. The van der Waals surface area contributed by atoms with Gasteiger partial charge in [0.2, 0.25) is 21.8 Å². The van der Waals surface area contributed by atoms with Gasteiger partial charge in [-0.25, -0.2) is 13.1 Å². The number of nitrogens with one attached hydrogen (secondary N) is 3. The minimum Gasteiger partial charge on any atom is -0.342 e. The van der Waals surface area contributed by atoms with E-state index in [-0.39, 0.29) is 23.1 Å². The molecular weight excluding hydrogens is 560 g/mol. The third-order valence-corrected chi connectivity index (χ3v) is 9.28. The first-order valence-electron chi connectivity index (χ1n) is 14.2. The predicted molar refractivity (Wildman–Crippen MR) is 167 cm³/mol. The average molecular weight is 609 g/mol. The number of rotatable bonds is 12. The van der Waals surface area contributed by atoms with E-state index < -0.39 is 44.9 Å². The van der Waals surface area contributed by atoms with Crippen LogP contribution in [-0.2, 0) is 29.8 Å². The highest BCUT2D eigenvalue weighted by molar-refractivity contribution is 7.90. The number of sulfonamides is 1. The van der Waals surface area contributed by atoms with Crippen molar-refractivity contribution in [2.24, 2.45) is 5.41 Å². The molecule has 1 fully saturated rings. The molecule has 1 aliphatic rings. The molecule has 230 valence electrons. The van der Waals surface area contributed by atoms with Gasteiger partial charge in [0.1, 0.15) is 6.04 Å². The fourth-order valence-corrected chi connectivity index (χ4v) is 6.63. The fourth-order valence-electron chi connectivity index (χ4n) is 5.19. The van der Waals surface area contributed by atoms with Crippen LogP contribution in [0.15, 0.2) is 42.0 Å². The Bertz CT molecular complexity index is 1190. The molecule has 3 atom stereocenters. The summed E-state index contributed by atoms with van der Waals surface area (Å²) in [6.45, 7) is 11.8. The second kappa shape index (κ2) is 14.7. The highest BCUT2D eigenvalue weighted by Gasteiger charge is 2.42. The second-order valence-corrected chi connectivity index (χ2v) is 14.7. The summed E-state index contributed by atoms with van der Waals surface area (Å²) in [5.41, 5.74) is 0.0666. The number of hydrogen-bond donors (Lipinski definition) is 4. The topological polar surface area (TPSA) is 125 Å². The Labute approximate surface area is 251 Å². The number of carbonyl (C=O) groups excluding carboxylic acids is 3. The Morgan fingerprint density at radius 2 is 1.71 bits per heavy atom. The van der Waals surface area contributed by atoms with Crippen molar-refractivity contribution in [1.82, 2.24) is 20.3 Å². The number of nitrogens with zero attached hydrogens (tertiary/aromatic N) is 1. The molecule has 1 unspecified atom stereocenters. The summed E-state index contributed by atoms with van der Waals surface area (Å²) < 4.78 is 26.5. The Hall–Kier alpha value is -2.37. The number of piperidine rings is 1. The van der Waals surface area contributed by atoms with Crippen LogP contribution < -0.4 is 15.4 Å². The van der Waals surface area contributed by atoms with Crippen LogP contribution in [-0.4, -0.2) is 74.3 Å². The van der Waals surface area contributed by atoms with Crippen LogP contribution in [0.2, 0.25) is 0 Å². The van der Waals surface area contributed by atoms with Crippen LogP contribution in [0.4, 0.5) is 0 Å². The lowest BCUT2D eigenvalue weighted by Gasteiger charge is -2.41. The van der Waals surface area contributed by atoms with Gasteiger partial charge in [-0.3, -0.25) is 14.4 Å². The molecule has 9 nitrogen and oxygen atoms in total. The third-order valence-electron chi connectivity index (χ3n) is 7.64. The smallest absolute Gasteiger partial charge is 0.260 e. The first-order chi connectivity index (χ1) is 19.0. The van der Waals surface area contributed by atoms with Crippen LogP contribution in [0.1, 0.15) is 72.8 Å². The van der Waals surface area contributed by atoms with Crippen LogP contribution in [0.25, 0.3) is 0 Å². The number of carbonyl (C=O) groups is 3. The van der Waals surface area contributed by atoms with Gasteiger partial charge >= 0.3 is 0 Å². The zero-order valence-corrected chi connectivity index (χ0v) is 27.2. The molecule has 0 aromatic heterocycles. The van der Waals surface area contributed by atoms with Gasteiger partial charge in [-0.05, 0) is 56.4 Å². The molecule has 11 heteroatoms. The van der Waals surface area contributed by atoms with Crippen LogP contribution in [0.5, 0.6) is 0 Å². The first kappa shape index (κ1) is 34.8. The van der Waals surface area contributed by atoms with E-state index in [0.717, 1.165) is 18.4 Å². The summed E-state index contributed by atoms with van der Waals surface area (Å²) in [4.78, 5) is 42.2. The lowest BCUT2D eigenvalue weighted by Crippen LogP contribution is -2.62. The maximum absolute atomic E-state index is 14.1. The number of likely N-dealkylation sites (N-methyl/N-ethyl adjacent to an activating group) is 1. The maximum atomic E-state index is 14.1. The van der Waals surface area contributed by atoms with Crippen molar-refractivity contribution < 1.29 is 22.8 Å². The lowest BCUT2D eigenvalue weighted by molar-refractivity contribution is -0.142. The van der Waals surface area contributed by atoms with Gasteiger partial charge < -0.3 is 15.5 Å². The van der Waals surface area contributed by atoms with E-state index in [1.807, 2.05) is 65.0 Å². The highest BCUT2D eigenvalue weighted by Crippen LogP contribution is 2.30. The zero-order chi connectivity index (χ0) is 31.0. The monoisotopic (exact) mass is 608 g/mol. The number of amides is 3. The third kappa shape index (κ3) is 9.58. The van der Waals surface area contributed by atoms with E-state index >= 15 is 0 Å². The predicted octanol–water partition coefficient (Wildman–Crippen LogP) is 3.18. The standard InChI is InChI=1S/C30H48N4O5S2/c1-21(26(35)33-41(38,39)19-13-18-40)20-23-16-11-12-17-34(23)28(37)25(29(2,3)4)32-27(36)24(31-7)30(5,6)22-14-9-8-10-15-22/h8-10,14-15,20,23-25,31,40H,11-13,16-19H2,1-7H3,(H,32,36)(H,33,35)/t23-,24?,25+/m0/s1. The minimum absolute atomic E-state index is 0.189. The number of benzene rings is 1. The summed E-state index contributed by atoms with van der Waals surface area (Å²) in [7, 11) is -2.03. The van der Waals surface area contributed by atoms with E-state index in [1.165, 1.54) is 0 Å². The maximum Gasteiger partial charge on any atom is 0.260 e. The van der Waals surface area contributed by atoms with Gasteiger partial charge in [0.15, 0.2) is 0 Å². The second-order valence-electron chi connectivity index (χ2n) is 12.4. The van der Waals surface area contributed by atoms with Crippen molar-refractivity contribution in [2.45, 2.75) is 90.8 Å². The van der Waals surface area contributed by atoms with Gasteiger partial charge in [-0.2, -0.15) is 12.6 Å². The quantitative estimate of drug-likeness (QED) is 0.214. The number of likely N-dealkylation sites (tertiary alicyclic amines) is 1. The van der Waals surface area contributed by atoms with Crippen molar-refractivity contribution in [3.8, 4) is 0 Å². The molecule has 0 bridgehead atoms. The molecule has 0 saturated carbocycles. The van der Waals surface area contributed by atoms with E-state index in [0.29, 0.717) is 25.1 Å². The Kier molecular flexibility index (Phi) is 12.5. The molecule has 0 spiro atoms. The van der Waals surface area contributed by atoms with Crippen molar-refractivity contribution in [3.05, 3.63) is 47.5 Å². The van der Waals surface area contributed by atoms with Crippen molar-refractivity contribution >= 4 is 40.4 Å². The van der Waals surface area contributed by atoms with Crippen molar-refractivity contribution in [3.63, 3.8) is 0 Å². The Morgan fingerprint density at radius 1 is 1.07 bits per heavy atom. The van der Waals surface area contributed by atoms with Gasteiger partial charge in [0.25, 0.3) is 5.91 Å². The molecule has 1 aromatic rings. The molecule has 3 N–H and O–H groups in total. The van der Waals surface area contributed by atoms with Crippen LogP contribution in [0.3, 0.4) is 0 Å². The van der Waals surface area contributed by atoms with Crippen molar-refractivity contribution in [1.29, 1.82) is 0 Å². The molecule has 2 rings (SSSR count). The first-order valence-corrected chi connectivity index (χ1v) is 16.5. The van der Waals surface area contributed by atoms with Gasteiger partial charge in [0.05, 0.1) is 17.8 Å². The molecule has 1 saturated heterocycles. The summed E-state index contributed by atoms with van der Waals surface area (Å²) in [6, 6.07) is 7.96. The molecule has 1 aliphatic heterocycles. The van der Waals surface area contributed by atoms with E-state index in [2.05, 4.69) is 28.0 Å². The van der Waals surface area contributed by atoms with Crippen LogP contribution in [0, 0.1) is 5.41 Å². The summed E-state index contributed by atoms with van der Waals surface area (Å²) in [5, 5.41) is 6.20. The van der Waals surface area contributed by atoms with Gasteiger partial charge in [-0.1, -0.05) is 71.0 Å². The normalized spacial score (nSPS) is 18.4.